The zero-order valence-corrected chi connectivity index (χ0v) is 12.6. The molecule has 0 aliphatic rings. The minimum atomic E-state index is -0.0690. The summed E-state index contributed by atoms with van der Waals surface area (Å²) >= 11 is 0. The number of hydrogen-bond donors (Lipinski definition) is 2. The molecule has 1 aromatic heterocycles. The van der Waals surface area contributed by atoms with Gasteiger partial charge in [-0.1, -0.05) is 24.3 Å². The standard InChI is InChI=1S/C18H18N2O2/c1-12-7-8-13-10-14(18(21)20-16(13)9-12)11-19-15-5-3-4-6-17(15)22-2/h3-10,19H,11H2,1-2H3,(H,20,21). The second-order valence-electron chi connectivity index (χ2n) is 5.27. The molecule has 2 N–H and O–H groups in total. The SMILES string of the molecule is COc1ccccc1NCc1cc2ccc(C)cc2[nH]c1=O. The van der Waals surface area contributed by atoms with E-state index >= 15 is 0 Å². The van der Waals surface area contributed by atoms with Crippen molar-refractivity contribution in [2.75, 3.05) is 12.4 Å². The molecule has 0 atom stereocenters. The summed E-state index contributed by atoms with van der Waals surface area (Å²) in [6.45, 7) is 2.45. The zero-order chi connectivity index (χ0) is 15.5. The Balaban J connectivity index is 1.89. The van der Waals surface area contributed by atoms with Crippen molar-refractivity contribution < 1.29 is 4.74 Å². The molecule has 22 heavy (non-hydrogen) atoms. The molecule has 0 aliphatic heterocycles. The summed E-state index contributed by atoms with van der Waals surface area (Å²) in [5.41, 5.74) is 3.49. The van der Waals surface area contributed by atoms with Gasteiger partial charge in [0.25, 0.3) is 5.56 Å². The Bertz CT molecular complexity index is 868. The fraction of sp³-hybridized carbons (Fsp3) is 0.167. The monoisotopic (exact) mass is 294 g/mol. The van der Waals surface area contributed by atoms with Crippen LogP contribution in [0.15, 0.2) is 53.3 Å². The molecule has 3 rings (SSSR count). The number of H-pyrrole nitrogens is 1. The van der Waals surface area contributed by atoms with Crippen LogP contribution in [0.5, 0.6) is 5.75 Å². The summed E-state index contributed by atoms with van der Waals surface area (Å²) in [7, 11) is 1.63. The van der Waals surface area contributed by atoms with Crippen LogP contribution in [0.3, 0.4) is 0 Å². The molecule has 112 valence electrons. The third kappa shape index (κ3) is 2.81. The van der Waals surface area contributed by atoms with Crippen molar-refractivity contribution in [1.82, 2.24) is 4.98 Å². The maximum atomic E-state index is 12.2. The first kappa shape index (κ1) is 14.2. The number of aromatic nitrogens is 1. The number of aryl methyl sites for hydroxylation is 1. The Kier molecular flexibility index (Phi) is 3.83. The number of benzene rings is 2. The number of fused-ring (bicyclic) bond motifs is 1. The number of nitrogens with one attached hydrogen (secondary N) is 2. The molecule has 0 unspecified atom stereocenters. The average molecular weight is 294 g/mol. The highest BCUT2D eigenvalue weighted by molar-refractivity contribution is 5.79. The number of aromatic amines is 1. The first-order valence-electron chi connectivity index (χ1n) is 7.17. The van der Waals surface area contributed by atoms with Crippen LogP contribution >= 0.6 is 0 Å². The molecule has 0 radical (unpaired) electrons. The van der Waals surface area contributed by atoms with Gasteiger partial charge in [0.05, 0.1) is 12.8 Å². The van der Waals surface area contributed by atoms with Crippen LogP contribution < -0.4 is 15.6 Å². The van der Waals surface area contributed by atoms with Crippen molar-refractivity contribution in [2.24, 2.45) is 0 Å². The first-order chi connectivity index (χ1) is 10.7. The van der Waals surface area contributed by atoms with Gasteiger partial charge in [0.1, 0.15) is 5.75 Å². The number of hydrogen-bond acceptors (Lipinski definition) is 3. The maximum Gasteiger partial charge on any atom is 0.253 e. The van der Waals surface area contributed by atoms with E-state index in [1.165, 1.54) is 0 Å². The predicted molar refractivity (Wildman–Crippen MR) is 89.6 cm³/mol. The Hall–Kier alpha value is -2.75. The molecule has 0 aliphatic carbocycles. The van der Waals surface area contributed by atoms with Crippen LogP contribution in [0.1, 0.15) is 11.1 Å². The molecule has 4 heteroatoms. The van der Waals surface area contributed by atoms with Gasteiger partial charge >= 0.3 is 0 Å². The van der Waals surface area contributed by atoms with E-state index in [9.17, 15) is 4.79 Å². The molecule has 0 spiro atoms. The molecule has 0 amide bonds. The van der Waals surface area contributed by atoms with E-state index < -0.39 is 0 Å². The Morgan fingerprint density at radius 1 is 1.14 bits per heavy atom. The number of anilines is 1. The fourth-order valence-corrected chi connectivity index (χ4v) is 2.47. The van der Waals surface area contributed by atoms with Gasteiger partial charge in [-0.3, -0.25) is 4.79 Å². The van der Waals surface area contributed by atoms with Crippen molar-refractivity contribution in [2.45, 2.75) is 13.5 Å². The van der Waals surface area contributed by atoms with Crippen LogP contribution in [0, 0.1) is 6.92 Å². The van der Waals surface area contributed by atoms with Gasteiger partial charge in [-0.25, -0.2) is 0 Å². The predicted octanol–water partition coefficient (Wildman–Crippen LogP) is 3.46. The van der Waals surface area contributed by atoms with E-state index in [0.29, 0.717) is 12.1 Å². The van der Waals surface area contributed by atoms with Crippen molar-refractivity contribution >= 4 is 16.6 Å². The van der Waals surface area contributed by atoms with E-state index in [-0.39, 0.29) is 5.56 Å². The van der Waals surface area contributed by atoms with Crippen LogP contribution in [0.2, 0.25) is 0 Å². The van der Waals surface area contributed by atoms with Crippen LogP contribution in [0.4, 0.5) is 5.69 Å². The van der Waals surface area contributed by atoms with Crippen molar-refractivity contribution in [3.63, 3.8) is 0 Å². The molecule has 0 bridgehead atoms. The van der Waals surface area contributed by atoms with E-state index in [0.717, 1.165) is 27.9 Å². The van der Waals surface area contributed by atoms with Crippen molar-refractivity contribution in [3.8, 4) is 5.75 Å². The minimum absolute atomic E-state index is 0.0690. The highest BCUT2D eigenvalue weighted by atomic mass is 16.5. The second-order valence-corrected chi connectivity index (χ2v) is 5.27. The van der Waals surface area contributed by atoms with Gasteiger partial charge in [-0.15, -0.1) is 0 Å². The summed E-state index contributed by atoms with van der Waals surface area (Å²) in [5.74, 6) is 0.760. The molecule has 0 fully saturated rings. The highest BCUT2D eigenvalue weighted by Gasteiger charge is 2.05. The Labute approximate surface area is 128 Å². The molecular formula is C18H18N2O2. The smallest absolute Gasteiger partial charge is 0.253 e. The second kappa shape index (κ2) is 5.93. The maximum absolute atomic E-state index is 12.2. The number of para-hydroxylation sites is 2. The van der Waals surface area contributed by atoms with Gasteiger partial charge < -0.3 is 15.0 Å². The fourth-order valence-electron chi connectivity index (χ4n) is 2.47. The van der Waals surface area contributed by atoms with Crippen LogP contribution in [-0.4, -0.2) is 12.1 Å². The Morgan fingerprint density at radius 3 is 2.77 bits per heavy atom. The van der Waals surface area contributed by atoms with Crippen LogP contribution in [0.25, 0.3) is 10.9 Å². The summed E-state index contributed by atoms with van der Waals surface area (Å²) in [5, 5.41) is 4.28. The number of methoxy groups -OCH3 is 1. The normalized spacial score (nSPS) is 10.6. The largest absolute Gasteiger partial charge is 0.495 e. The number of pyridine rings is 1. The van der Waals surface area contributed by atoms with E-state index in [2.05, 4.69) is 10.3 Å². The van der Waals surface area contributed by atoms with Gasteiger partial charge in [0.2, 0.25) is 0 Å². The number of rotatable bonds is 4. The molecule has 0 saturated carbocycles. The highest BCUT2D eigenvalue weighted by Crippen LogP contribution is 2.23. The topological polar surface area (TPSA) is 54.1 Å². The van der Waals surface area contributed by atoms with E-state index in [1.54, 1.807) is 7.11 Å². The molecule has 2 aromatic carbocycles. The molecule has 0 saturated heterocycles. The third-order valence-corrected chi connectivity index (χ3v) is 3.65. The lowest BCUT2D eigenvalue weighted by molar-refractivity contribution is 0.416. The molecule has 4 nitrogen and oxygen atoms in total. The lowest BCUT2D eigenvalue weighted by Crippen LogP contribution is -2.15. The quantitative estimate of drug-likeness (QED) is 0.775. The summed E-state index contributed by atoms with van der Waals surface area (Å²) in [6, 6.07) is 15.6. The average Bonchev–Trinajstić information content (AvgIpc) is 2.53. The van der Waals surface area contributed by atoms with Gasteiger partial charge in [-0.05, 0) is 42.1 Å². The van der Waals surface area contributed by atoms with Gasteiger partial charge in [0, 0.05) is 17.6 Å². The minimum Gasteiger partial charge on any atom is -0.495 e. The summed E-state index contributed by atoms with van der Waals surface area (Å²) in [4.78, 5) is 15.1. The third-order valence-electron chi connectivity index (χ3n) is 3.65. The van der Waals surface area contributed by atoms with E-state index in [1.807, 2.05) is 55.5 Å². The number of ether oxygens (including phenoxy) is 1. The van der Waals surface area contributed by atoms with Crippen LogP contribution in [-0.2, 0) is 6.54 Å². The lowest BCUT2D eigenvalue weighted by atomic mass is 10.1. The van der Waals surface area contributed by atoms with Gasteiger partial charge in [0.15, 0.2) is 0 Å². The lowest BCUT2D eigenvalue weighted by Gasteiger charge is -2.11. The zero-order valence-electron chi connectivity index (χ0n) is 12.6. The summed E-state index contributed by atoms with van der Waals surface area (Å²) in [6.07, 6.45) is 0. The van der Waals surface area contributed by atoms with Crippen molar-refractivity contribution in [1.29, 1.82) is 0 Å². The van der Waals surface area contributed by atoms with Crippen molar-refractivity contribution in [3.05, 3.63) is 70.0 Å². The molecule has 1 heterocycles. The van der Waals surface area contributed by atoms with E-state index in [4.69, 9.17) is 4.74 Å². The molecular weight excluding hydrogens is 276 g/mol. The first-order valence-corrected chi connectivity index (χ1v) is 7.17. The summed E-state index contributed by atoms with van der Waals surface area (Å²) < 4.78 is 5.30. The van der Waals surface area contributed by atoms with Gasteiger partial charge in [-0.2, -0.15) is 0 Å². The molecule has 3 aromatic rings. The Morgan fingerprint density at radius 2 is 1.95 bits per heavy atom.